The maximum absolute atomic E-state index is 6.51. The van der Waals surface area contributed by atoms with Crippen LogP contribution in [0.4, 0.5) is 0 Å². The van der Waals surface area contributed by atoms with Crippen molar-refractivity contribution in [3.8, 4) is 0 Å². The zero-order valence-corrected chi connectivity index (χ0v) is 40.1. The molecule has 8 aromatic carbocycles. The molecule has 13 heteroatoms. The van der Waals surface area contributed by atoms with Crippen LogP contribution in [0.25, 0.3) is 64.6 Å². The van der Waals surface area contributed by atoms with Gasteiger partial charge in [-0.3, -0.25) is 0 Å². The van der Waals surface area contributed by atoms with Gasteiger partial charge in [0.15, 0.2) is 12.6 Å². The van der Waals surface area contributed by atoms with Crippen molar-refractivity contribution in [3.05, 3.63) is 120 Å². The summed E-state index contributed by atoms with van der Waals surface area (Å²) in [7, 11) is 9.80. The summed E-state index contributed by atoms with van der Waals surface area (Å²) in [6.45, 7) is 2.44. The lowest BCUT2D eigenvalue weighted by molar-refractivity contribution is -0.317. The summed E-state index contributed by atoms with van der Waals surface area (Å²) in [6, 6.07) is 39.0. The van der Waals surface area contributed by atoms with Crippen molar-refractivity contribution in [2.75, 3.05) is 82.3 Å². The van der Waals surface area contributed by atoms with Crippen molar-refractivity contribution in [2.45, 2.75) is 74.6 Å². The Bertz CT molecular complexity index is 2600. The summed E-state index contributed by atoms with van der Waals surface area (Å²) >= 11 is 0. The van der Waals surface area contributed by atoms with Gasteiger partial charge in [-0.15, -0.1) is 0 Å². The third-order valence-corrected chi connectivity index (χ3v) is 14.0. The standard InChI is InChI=1S/C56H62O13/c1-57-49-43(68-55(53(61-5)51(49)59-3)66-29-33-25-39-17-13-35-9-7-10-36-14-18-40(26-33)47(39)45(35)36)31-64-23-21-63-22-24-65-32-44-50(58-2)52(60-4)54(62-6)56(69-44)67-30-34-27-41-19-15-37-11-8-12-38-16-20-42(28-34)48(41)46(37)38/h7-20,25-28,43-44,49-56H,21-24,29-32H2,1-6H3/t43-,44-,49+,50+,51+,52+,53-,54-,55-,56-/m1/s1. The number of benzene rings is 8. The van der Waals surface area contributed by atoms with E-state index in [9.17, 15) is 0 Å². The van der Waals surface area contributed by atoms with Gasteiger partial charge in [0.2, 0.25) is 0 Å². The Morgan fingerprint density at radius 1 is 0.348 bits per heavy atom. The predicted octanol–water partition coefficient (Wildman–Crippen LogP) is 8.80. The van der Waals surface area contributed by atoms with E-state index in [4.69, 9.17) is 61.6 Å². The number of ether oxygens (including phenoxy) is 13. The van der Waals surface area contributed by atoms with Crippen LogP contribution in [-0.4, -0.2) is 144 Å². The number of methoxy groups -OCH3 is 6. The van der Waals surface area contributed by atoms with Gasteiger partial charge in [0.1, 0.15) is 48.8 Å². The zero-order valence-electron chi connectivity index (χ0n) is 40.1. The highest BCUT2D eigenvalue weighted by molar-refractivity contribution is 6.24. The van der Waals surface area contributed by atoms with E-state index < -0.39 is 61.4 Å². The molecular weight excluding hydrogens is 881 g/mol. The minimum Gasteiger partial charge on any atom is -0.377 e. The van der Waals surface area contributed by atoms with E-state index in [1.54, 1.807) is 42.7 Å². The van der Waals surface area contributed by atoms with Crippen LogP contribution in [0.3, 0.4) is 0 Å². The topological polar surface area (TPSA) is 120 Å². The van der Waals surface area contributed by atoms with Crippen LogP contribution in [0.1, 0.15) is 11.1 Å². The van der Waals surface area contributed by atoms with E-state index in [1.165, 1.54) is 64.6 Å². The van der Waals surface area contributed by atoms with E-state index in [0.29, 0.717) is 39.6 Å². The monoisotopic (exact) mass is 942 g/mol. The molecule has 2 saturated heterocycles. The highest BCUT2D eigenvalue weighted by atomic mass is 16.7. The molecular formula is C56H62O13. The van der Waals surface area contributed by atoms with Gasteiger partial charge in [0.05, 0.1) is 52.9 Å². The number of hydrogen-bond acceptors (Lipinski definition) is 13. The van der Waals surface area contributed by atoms with E-state index >= 15 is 0 Å². The van der Waals surface area contributed by atoms with Crippen molar-refractivity contribution in [1.29, 1.82) is 0 Å². The molecule has 0 amide bonds. The molecule has 13 nitrogen and oxygen atoms in total. The molecule has 0 aliphatic carbocycles. The predicted molar refractivity (Wildman–Crippen MR) is 264 cm³/mol. The summed E-state index contributed by atoms with van der Waals surface area (Å²) in [6.07, 6.45) is -5.34. The van der Waals surface area contributed by atoms with E-state index in [2.05, 4.69) is 109 Å². The quantitative estimate of drug-likeness (QED) is 0.0476. The van der Waals surface area contributed by atoms with Gasteiger partial charge in [0, 0.05) is 42.7 Å². The van der Waals surface area contributed by atoms with Crippen LogP contribution in [0.2, 0.25) is 0 Å². The first kappa shape index (κ1) is 48.0. The van der Waals surface area contributed by atoms with Crippen molar-refractivity contribution < 1.29 is 61.6 Å². The molecule has 2 fully saturated rings. The van der Waals surface area contributed by atoms with E-state index in [1.807, 2.05) is 0 Å². The third kappa shape index (κ3) is 9.62. The van der Waals surface area contributed by atoms with Gasteiger partial charge in [-0.2, -0.15) is 0 Å². The fraction of sp³-hybridized carbons (Fsp3) is 0.429. The second-order valence-electron chi connectivity index (χ2n) is 17.9. The molecule has 0 spiro atoms. The summed E-state index contributed by atoms with van der Waals surface area (Å²) in [5.41, 5.74) is 2.06. The average molecular weight is 943 g/mol. The van der Waals surface area contributed by atoms with Crippen LogP contribution < -0.4 is 0 Å². The van der Waals surface area contributed by atoms with E-state index in [0.717, 1.165) is 11.1 Å². The summed E-state index contributed by atoms with van der Waals surface area (Å²) in [4.78, 5) is 0. The highest BCUT2D eigenvalue weighted by Crippen LogP contribution is 2.38. The summed E-state index contributed by atoms with van der Waals surface area (Å²) < 4.78 is 79.5. The van der Waals surface area contributed by atoms with Gasteiger partial charge < -0.3 is 61.6 Å². The van der Waals surface area contributed by atoms with Crippen molar-refractivity contribution in [3.63, 3.8) is 0 Å². The Labute approximate surface area is 402 Å². The molecule has 10 rings (SSSR count). The van der Waals surface area contributed by atoms with Crippen LogP contribution in [0, 0.1) is 0 Å². The van der Waals surface area contributed by atoms with Crippen molar-refractivity contribution >= 4 is 64.6 Å². The summed E-state index contributed by atoms with van der Waals surface area (Å²) in [5.74, 6) is 0. The molecule has 8 aromatic rings. The molecule has 0 unspecified atom stereocenters. The highest BCUT2D eigenvalue weighted by Gasteiger charge is 2.49. The largest absolute Gasteiger partial charge is 0.377 e. The molecule has 0 aromatic heterocycles. The second-order valence-corrected chi connectivity index (χ2v) is 17.9. The van der Waals surface area contributed by atoms with Crippen LogP contribution >= 0.6 is 0 Å². The minimum atomic E-state index is -0.731. The first-order valence-electron chi connectivity index (χ1n) is 23.7. The van der Waals surface area contributed by atoms with Crippen LogP contribution in [0.5, 0.6) is 0 Å². The Kier molecular flexibility index (Phi) is 15.1. The molecule has 0 N–H and O–H groups in total. The lowest BCUT2D eigenvalue weighted by Crippen LogP contribution is -2.61. The third-order valence-electron chi connectivity index (χ3n) is 14.0. The average Bonchev–Trinajstić information content (AvgIpc) is 3.39. The van der Waals surface area contributed by atoms with Crippen LogP contribution in [-0.2, 0) is 74.8 Å². The number of hydrogen-bond donors (Lipinski definition) is 0. The molecule has 0 saturated carbocycles. The van der Waals surface area contributed by atoms with Crippen molar-refractivity contribution in [1.82, 2.24) is 0 Å². The maximum atomic E-state index is 6.51. The zero-order chi connectivity index (χ0) is 47.4. The Morgan fingerprint density at radius 2 is 0.652 bits per heavy atom. The van der Waals surface area contributed by atoms with Gasteiger partial charge in [-0.05, 0) is 100 Å². The molecule has 0 radical (unpaired) electrons. The smallest absolute Gasteiger partial charge is 0.187 e. The van der Waals surface area contributed by atoms with Gasteiger partial charge in [0.25, 0.3) is 0 Å². The molecule has 2 aliphatic rings. The first-order valence-corrected chi connectivity index (χ1v) is 23.7. The molecule has 10 atom stereocenters. The molecule has 2 heterocycles. The Balaban J connectivity index is 0.694. The molecule has 0 bridgehead atoms. The molecule has 364 valence electrons. The normalized spacial score (nSPS) is 25.7. The van der Waals surface area contributed by atoms with Gasteiger partial charge >= 0.3 is 0 Å². The SMILES string of the molecule is CO[C@H]1[C@@H](OC)[C@@H](COCCOCCOC[C@H]2O[C@@H](OCc3cc4ccc5cccc6ccc(c3)c4c56)[C@H](OC)[C@@H](OC)[C@H]2OC)O[C@@H](OCc2cc3ccc4cccc5ccc(c2)c3c45)[C@@H]1OC. The second kappa shape index (κ2) is 21.8. The van der Waals surface area contributed by atoms with Crippen molar-refractivity contribution in [2.24, 2.45) is 0 Å². The molecule has 69 heavy (non-hydrogen) atoms. The lowest BCUT2D eigenvalue weighted by Gasteiger charge is -2.44. The fourth-order valence-corrected chi connectivity index (χ4v) is 10.8. The summed E-state index contributed by atoms with van der Waals surface area (Å²) in [5, 5.41) is 14.7. The first-order chi connectivity index (χ1) is 33.9. The maximum Gasteiger partial charge on any atom is 0.187 e. The Hall–Kier alpha value is -4.68. The van der Waals surface area contributed by atoms with E-state index in [-0.39, 0.29) is 13.2 Å². The Morgan fingerprint density at radius 3 is 0.986 bits per heavy atom. The van der Waals surface area contributed by atoms with Crippen LogP contribution in [0.15, 0.2) is 109 Å². The van der Waals surface area contributed by atoms with Gasteiger partial charge in [-0.25, -0.2) is 0 Å². The van der Waals surface area contributed by atoms with Gasteiger partial charge in [-0.1, -0.05) is 84.9 Å². The minimum absolute atomic E-state index is 0.232. The lowest BCUT2D eigenvalue weighted by atomic mass is 9.93. The molecule has 2 aliphatic heterocycles. The fourth-order valence-electron chi connectivity index (χ4n) is 10.8. The number of rotatable bonds is 22.